The van der Waals surface area contributed by atoms with E-state index in [9.17, 15) is 18.7 Å². The zero-order chi connectivity index (χ0) is 18.5. The summed E-state index contributed by atoms with van der Waals surface area (Å²) in [5, 5.41) is 14.3. The molecule has 0 radical (unpaired) electrons. The molecule has 0 aliphatic rings. The number of rotatable bonds is 5. The first kappa shape index (κ1) is 17.8. The van der Waals surface area contributed by atoms with E-state index < -0.39 is 23.6 Å². The Bertz CT molecular complexity index is 949. The molecule has 0 aromatic heterocycles. The zero-order valence-electron chi connectivity index (χ0n) is 13.8. The predicted molar refractivity (Wildman–Crippen MR) is 97.3 cm³/mol. The normalized spacial score (nSPS) is 12.4. The lowest BCUT2D eigenvalue weighted by molar-refractivity contribution is -0.117. The van der Waals surface area contributed by atoms with Gasteiger partial charge >= 0.3 is 0 Å². The molecule has 0 heterocycles. The van der Waals surface area contributed by atoms with E-state index in [1.165, 1.54) is 6.07 Å². The van der Waals surface area contributed by atoms with Crippen molar-refractivity contribution in [2.45, 2.75) is 6.04 Å². The fourth-order valence-corrected chi connectivity index (χ4v) is 2.71. The van der Waals surface area contributed by atoms with E-state index in [-0.39, 0.29) is 12.2 Å². The summed E-state index contributed by atoms with van der Waals surface area (Å²) >= 11 is 0. The molecule has 2 N–H and O–H groups in total. The number of hydrogen-bond donors (Lipinski definition) is 2. The highest BCUT2D eigenvalue weighted by atomic mass is 19.1. The van der Waals surface area contributed by atoms with E-state index in [0.29, 0.717) is 0 Å². The van der Waals surface area contributed by atoms with Crippen molar-refractivity contribution in [3.8, 4) is 0 Å². The quantitative estimate of drug-likeness (QED) is 0.682. The summed E-state index contributed by atoms with van der Waals surface area (Å²) in [6.45, 7) is -0.300. The molecule has 3 aromatic rings. The second-order valence-corrected chi connectivity index (χ2v) is 5.82. The first-order valence-electron chi connectivity index (χ1n) is 8.10. The van der Waals surface area contributed by atoms with Gasteiger partial charge in [-0.1, -0.05) is 42.5 Å². The summed E-state index contributed by atoms with van der Waals surface area (Å²) in [5.41, 5.74) is 0.457. The average Bonchev–Trinajstić information content (AvgIpc) is 2.65. The SMILES string of the molecule is O=C(/C=C/c1c(F)cccc1F)NC(CO)c1ccc2ccccc2c1. The molecule has 0 spiro atoms. The van der Waals surface area contributed by atoms with E-state index in [0.717, 1.165) is 40.6 Å². The molecule has 3 nitrogen and oxygen atoms in total. The summed E-state index contributed by atoms with van der Waals surface area (Å²) in [5.74, 6) is -2.05. The Labute approximate surface area is 149 Å². The third kappa shape index (κ3) is 3.95. The lowest BCUT2D eigenvalue weighted by atomic mass is 10.0. The molecule has 1 amide bonds. The van der Waals surface area contributed by atoms with E-state index in [1.807, 2.05) is 42.5 Å². The third-order valence-corrected chi connectivity index (χ3v) is 4.08. The number of benzene rings is 3. The van der Waals surface area contributed by atoms with Crippen molar-refractivity contribution in [1.29, 1.82) is 0 Å². The summed E-state index contributed by atoms with van der Waals surface area (Å²) in [6.07, 6.45) is 2.13. The van der Waals surface area contributed by atoms with Crippen LogP contribution in [0.4, 0.5) is 8.78 Å². The average molecular weight is 353 g/mol. The molecule has 0 saturated carbocycles. The predicted octanol–water partition coefficient (Wildman–Crippen LogP) is 3.98. The molecular formula is C21H17F2NO2. The van der Waals surface area contributed by atoms with Gasteiger partial charge in [0, 0.05) is 11.6 Å². The maximum Gasteiger partial charge on any atom is 0.244 e. The van der Waals surface area contributed by atoms with Gasteiger partial charge in [0.25, 0.3) is 0 Å². The number of carbonyl (C=O) groups excluding carboxylic acids is 1. The van der Waals surface area contributed by atoms with Gasteiger partial charge in [0.2, 0.25) is 5.91 Å². The van der Waals surface area contributed by atoms with Gasteiger partial charge in [-0.3, -0.25) is 4.79 Å². The number of aliphatic hydroxyl groups excluding tert-OH is 1. The second-order valence-electron chi connectivity index (χ2n) is 5.82. The molecule has 3 rings (SSSR count). The van der Waals surface area contributed by atoms with Gasteiger partial charge in [-0.2, -0.15) is 0 Å². The Kier molecular flexibility index (Phi) is 5.39. The summed E-state index contributed by atoms with van der Waals surface area (Å²) in [7, 11) is 0. The molecule has 0 bridgehead atoms. The number of aliphatic hydroxyl groups is 1. The molecule has 26 heavy (non-hydrogen) atoms. The first-order chi connectivity index (χ1) is 12.6. The van der Waals surface area contributed by atoms with Crippen LogP contribution in [0.2, 0.25) is 0 Å². The van der Waals surface area contributed by atoms with Gasteiger partial charge in [-0.15, -0.1) is 0 Å². The van der Waals surface area contributed by atoms with E-state index in [4.69, 9.17) is 0 Å². The van der Waals surface area contributed by atoms with Crippen molar-refractivity contribution in [3.63, 3.8) is 0 Å². The highest BCUT2D eigenvalue weighted by molar-refractivity contribution is 5.92. The zero-order valence-corrected chi connectivity index (χ0v) is 13.8. The standard InChI is InChI=1S/C21H17F2NO2/c22-18-6-3-7-19(23)17(18)10-11-21(26)24-20(13-25)16-9-8-14-4-1-2-5-15(14)12-16/h1-12,20,25H,13H2,(H,24,26)/b11-10+. The van der Waals surface area contributed by atoms with Crippen molar-refractivity contribution in [2.24, 2.45) is 0 Å². The lowest BCUT2D eigenvalue weighted by Crippen LogP contribution is -2.29. The van der Waals surface area contributed by atoms with Crippen LogP contribution in [0.1, 0.15) is 17.2 Å². The Morgan fingerprint density at radius 3 is 2.38 bits per heavy atom. The Hall–Kier alpha value is -3.05. The van der Waals surface area contributed by atoms with Crippen LogP contribution >= 0.6 is 0 Å². The van der Waals surface area contributed by atoms with Crippen LogP contribution in [0.15, 0.2) is 66.7 Å². The third-order valence-electron chi connectivity index (χ3n) is 4.08. The molecule has 3 aromatic carbocycles. The van der Waals surface area contributed by atoms with Crippen LogP contribution in [0, 0.1) is 11.6 Å². The highest BCUT2D eigenvalue weighted by Gasteiger charge is 2.13. The molecule has 0 aliphatic carbocycles. The van der Waals surface area contributed by atoms with Crippen LogP contribution in [-0.4, -0.2) is 17.6 Å². The smallest absolute Gasteiger partial charge is 0.244 e. The van der Waals surface area contributed by atoms with Crippen molar-refractivity contribution < 1.29 is 18.7 Å². The Morgan fingerprint density at radius 2 is 1.69 bits per heavy atom. The largest absolute Gasteiger partial charge is 0.394 e. The molecular weight excluding hydrogens is 336 g/mol. The van der Waals surface area contributed by atoms with Gasteiger partial charge in [0.15, 0.2) is 0 Å². The van der Waals surface area contributed by atoms with Crippen LogP contribution in [0.25, 0.3) is 16.8 Å². The van der Waals surface area contributed by atoms with Crippen LogP contribution in [0.5, 0.6) is 0 Å². The minimum Gasteiger partial charge on any atom is -0.394 e. The van der Waals surface area contributed by atoms with Gasteiger partial charge in [-0.05, 0) is 40.6 Å². The maximum absolute atomic E-state index is 13.6. The first-order valence-corrected chi connectivity index (χ1v) is 8.10. The van der Waals surface area contributed by atoms with Gasteiger partial charge in [-0.25, -0.2) is 8.78 Å². The van der Waals surface area contributed by atoms with E-state index >= 15 is 0 Å². The molecule has 132 valence electrons. The van der Waals surface area contributed by atoms with Gasteiger partial charge < -0.3 is 10.4 Å². The van der Waals surface area contributed by atoms with Gasteiger partial charge in [0.1, 0.15) is 11.6 Å². The number of carbonyl (C=O) groups is 1. The Balaban J connectivity index is 1.76. The molecule has 0 fully saturated rings. The monoisotopic (exact) mass is 353 g/mol. The number of halogens is 2. The summed E-state index contributed by atoms with van der Waals surface area (Å²) in [6, 6.07) is 16.2. The van der Waals surface area contributed by atoms with Crippen LogP contribution in [0.3, 0.4) is 0 Å². The molecule has 1 unspecified atom stereocenters. The number of fused-ring (bicyclic) bond motifs is 1. The maximum atomic E-state index is 13.6. The highest BCUT2D eigenvalue weighted by Crippen LogP contribution is 2.20. The number of amides is 1. The van der Waals surface area contributed by atoms with Crippen molar-refractivity contribution in [1.82, 2.24) is 5.32 Å². The van der Waals surface area contributed by atoms with E-state index in [2.05, 4.69) is 5.32 Å². The fourth-order valence-electron chi connectivity index (χ4n) is 2.71. The Morgan fingerprint density at radius 1 is 1.00 bits per heavy atom. The molecule has 1 atom stereocenters. The lowest BCUT2D eigenvalue weighted by Gasteiger charge is -2.16. The second kappa shape index (κ2) is 7.89. The molecule has 5 heteroatoms. The van der Waals surface area contributed by atoms with Crippen LogP contribution in [-0.2, 0) is 4.79 Å². The molecule has 0 saturated heterocycles. The van der Waals surface area contributed by atoms with E-state index in [1.54, 1.807) is 0 Å². The fraction of sp³-hybridized carbons (Fsp3) is 0.0952. The van der Waals surface area contributed by atoms with Crippen molar-refractivity contribution >= 4 is 22.8 Å². The number of hydrogen-bond acceptors (Lipinski definition) is 2. The minimum atomic E-state index is -0.748. The van der Waals surface area contributed by atoms with Gasteiger partial charge in [0.05, 0.1) is 12.6 Å². The summed E-state index contributed by atoms with van der Waals surface area (Å²) in [4.78, 5) is 12.1. The minimum absolute atomic E-state index is 0.283. The number of nitrogens with one attached hydrogen (secondary N) is 1. The van der Waals surface area contributed by atoms with Crippen LogP contribution < -0.4 is 5.32 Å². The van der Waals surface area contributed by atoms with Crippen molar-refractivity contribution in [3.05, 3.63) is 89.5 Å². The topological polar surface area (TPSA) is 49.3 Å². The van der Waals surface area contributed by atoms with Crippen molar-refractivity contribution in [2.75, 3.05) is 6.61 Å². The summed E-state index contributed by atoms with van der Waals surface area (Å²) < 4.78 is 27.2. The molecule has 0 aliphatic heterocycles.